The van der Waals surface area contributed by atoms with E-state index in [4.69, 9.17) is 9.47 Å². The van der Waals surface area contributed by atoms with Crippen LogP contribution >= 0.6 is 11.3 Å². The van der Waals surface area contributed by atoms with E-state index in [-0.39, 0.29) is 29.9 Å². The molecule has 2 aromatic rings. The van der Waals surface area contributed by atoms with Crippen molar-refractivity contribution in [2.45, 2.75) is 18.9 Å². The summed E-state index contributed by atoms with van der Waals surface area (Å²) in [4.78, 5) is 16.6. The van der Waals surface area contributed by atoms with Gasteiger partial charge < -0.3 is 14.8 Å². The Bertz CT molecular complexity index is 908. The number of nitrogens with zero attached hydrogens (tertiary/aromatic N) is 1. The predicted octanol–water partition coefficient (Wildman–Crippen LogP) is 1.67. The number of hydrogen-bond acceptors (Lipinski definition) is 7. The van der Waals surface area contributed by atoms with Gasteiger partial charge in [-0.15, -0.1) is 11.3 Å². The van der Waals surface area contributed by atoms with E-state index < -0.39 is 9.84 Å². The molecule has 1 N–H and O–H groups in total. The molecule has 1 aromatic carbocycles. The van der Waals surface area contributed by atoms with Crippen molar-refractivity contribution < 1.29 is 22.7 Å². The maximum absolute atomic E-state index is 12.1. The van der Waals surface area contributed by atoms with Crippen LogP contribution in [0.3, 0.4) is 0 Å². The molecule has 0 radical (unpaired) electrons. The number of carbonyl (C=O) groups is 1. The van der Waals surface area contributed by atoms with E-state index in [9.17, 15) is 13.2 Å². The summed E-state index contributed by atoms with van der Waals surface area (Å²) in [5.74, 6) is 1.20. The van der Waals surface area contributed by atoms with Crippen molar-refractivity contribution in [3.05, 3.63) is 29.3 Å². The van der Waals surface area contributed by atoms with Gasteiger partial charge in [-0.25, -0.2) is 13.4 Å². The van der Waals surface area contributed by atoms with Crippen molar-refractivity contribution in [2.75, 3.05) is 25.7 Å². The molecule has 0 spiro atoms. The van der Waals surface area contributed by atoms with Crippen molar-refractivity contribution in [3.63, 3.8) is 0 Å². The standard InChI is InChI=1S/C17H20N2O5S2/c1-23-14-4-3-11(7-15(14)24-2)17-19-13(9-25-17)8-16(20)18-12-5-6-26(21,22)10-12/h3-4,7,9,12H,5-6,8,10H2,1-2H3,(H,18,20)/t12-/m1/s1. The van der Waals surface area contributed by atoms with E-state index in [1.165, 1.54) is 11.3 Å². The zero-order valence-corrected chi connectivity index (χ0v) is 16.2. The minimum Gasteiger partial charge on any atom is -0.493 e. The lowest BCUT2D eigenvalue weighted by Crippen LogP contribution is -2.36. The second-order valence-electron chi connectivity index (χ2n) is 6.06. The van der Waals surface area contributed by atoms with Gasteiger partial charge >= 0.3 is 0 Å². The second kappa shape index (κ2) is 7.63. The fraction of sp³-hybridized carbons (Fsp3) is 0.412. The number of amides is 1. The van der Waals surface area contributed by atoms with Crippen molar-refractivity contribution in [2.24, 2.45) is 0 Å². The molecule has 3 rings (SSSR count). The van der Waals surface area contributed by atoms with Gasteiger partial charge in [0.1, 0.15) is 5.01 Å². The zero-order valence-electron chi connectivity index (χ0n) is 14.5. The number of carbonyl (C=O) groups excluding carboxylic acids is 1. The zero-order chi connectivity index (χ0) is 18.7. The Morgan fingerprint density at radius 3 is 2.73 bits per heavy atom. The molecule has 9 heteroatoms. The molecular weight excluding hydrogens is 376 g/mol. The first-order chi connectivity index (χ1) is 12.4. The summed E-state index contributed by atoms with van der Waals surface area (Å²) in [6.07, 6.45) is 0.600. The lowest BCUT2D eigenvalue weighted by Gasteiger charge is -2.09. The molecule has 0 unspecified atom stereocenters. The average Bonchev–Trinajstić information content (AvgIpc) is 3.20. The maximum atomic E-state index is 12.1. The lowest BCUT2D eigenvalue weighted by atomic mass is 10.2. The number of hydrogen-bond donors (Lipinski definition) is 1. The van der Waals surface area contributed by atoms with Crippen LogP contribution in [0.15, 0.2) is 23.6 Å². The summed E-state index contributed by atoms with van der Waals surface area (Å²) >= 11 is 1.44. The minimum absolute atomic E-state index is 0.0205. The van der Waals surface area contributed by atoms with Crippen molar-refractivity contribution in [1.82, 2.24) is 10.3 Å². The Hall–Kier alpha value is -2.13. The van der Waals surface area contributed by atoms with Gasteiger partial charge in [-0.2, -0.15) is 0 Å². The monoisotopic (exact) mass is 396 g/mol. The van der Waals surface area contributed by atoms with Crippen molar-refractivity contribution in [1.29, 1.82) is 0 Å². The van der Waals surface area contributed by atoms with Crippen molar-refractivity contribution >= 4 is 27.1 Å². The third-order valence-corrected chi connectivity index (χ3v) is 6.83. The van der Waals surface area contributed by atoms with Crippen LogP contribution in [0.4, 0.5) is 0 Å². The first kappa shape index (κ1) is 18.7. The number of nitrogens with one attached hydrogen (secondary N) is 1. The van der Waals surface area contributed by atoms with Crippen LogP contribution in [0.25, 0.3) is 10.6 Å². The Morgan fingerprint density at radius 2 is 2.08 bits per heavy atom. The molecule has 0 bridgehead atoms. The molecule has 1 aliphatic heterocycles. The number of methoxy groups -OCH3 is 2. The number of aromatic nitrogens is 1. The van der Waals surface area contributed by atoms with E-state index in [1.807, 2.05) is 23.6 Å². The molecule has 26 heavy (non-hydrogen) atoms. The highest BCUT2D eigenvalue weighted by Gasteiger charge is 2.28. The summed E-state index contributed by atoms with van der Waals surface area (Å²) < 4.78 is 33.4. The second-order valence-corrected chi connectivity index (χ2v) is 9.14. The third kappa shape index (κ3) is 4.34. The average molecular weight is 396 g/mol. The SMILES string of the molecule is COc1ccc(-c2nc(CC(=O)N[C@@H]3CCS(=O)(=O)C3)cs2)cc1OC. The van der Waals surface area contributed by atoms with Crippen LogP contribution in [0, 0.1) is 0 Å². The number of sulfone groups is 1. The minimum atomic E-state index is -3.01. The van der Waals surface area contributed by atoms with E-state index in [0.717, 1.165) is 10.6 Å². The summed E-state index contributed by atoms with van der Waals surface area (Å²) in [5.41, 5.74) is 1.53. The number of thiazole rings is 1. The fourth-order valence-electron chi connectivity index (χ4n) is 2.84. The van der Waals surface area contributed by atoms with Crippen molar-refractivity contribution in [3.8, 4) is 22.1 Å². The lowest BCUT2D eigenvalue weighted by molar-refractivity contribution is -0.121. The smallest absolute Gasteiger partial charge is 0.226 e. The summed E-state index contributed by atoms with van der Waals surface area (Å²) in [5, 5.41) is 5.38. The third-order valence-electron chi connectivity index (χ3n) is 4.12. The number of benzene rings is 1. The summed E-state index contributed by atoms with van der Waals surface area (Å²) in [7, 11) is 0.140. The summed E-state index contributed by atoms with van der Waals surface area (Å²) in [6.45, 7) is 0. The molecule has 140 valence electrons. The maximum Gasteiger partial charge on any atom is 0.226 e. The molecule has 1 amide bonds. The Balaban J connectivity index is 1.65. The normalized spacial score (nSPS) is 18.5. The molecule has 7 nitrogen and oxygen atoms in total. The Labute approximate surface area is 156 Å². The topological polar surface area (TPSA) is 94.6 Å². The number of ether oxygens (including phenoxy) is 2. The van der Waals surface area contributed by atoms with Crippen LogP contribution < -0.4 is 14.8 Å². The summed E-state index contributed by atoms with van der Waals surface area (Å²) in [6, 6.07) is 5.23. The van der Waals surface area contributed by atoms with Gasteiger partial charge in [0.05, 0.1) is 37.8 Å². The van der Waals surface area contributed by atoms with Gasteiger partial charge in [0.2, 0.25) is 5.91 Å². The van der Waals surface area contributed by atoms with Gasteiger partial charge in [-0.05, 0) is 24.6 Å². The molecule has 1 fully saturated rings. The Morgan fingerprint density at radius 1 is 1.31 bits per heavy atom. The van der Waals surface area contributed by atoms with Crippen LogP contribution in [0.1, 0.15) is 12.1 Å². The van der Waals surface area contributed by atoms with Gasteiger partial charge in [-0.1, -0.05) is 0 Å². The van der Waals surface area contributed by atoms with Crippen LogP contribution in [-0.4, -0.2) is 51.1 Å². The molecule has 1 aromatic heterocycles. The van der Waals surface area contributed by atoms with E-state index in [0.29, 0.717) is 23.6 Å². The molecule has 0 aliphatic carbocycles. The molecule has 1 saturated heterocycles. The van der Waals surface area contributed by atoms with E-state index in [2.05, 4.69) is 10.3 Å². The molecule has 1 aliphatic rings. The highest BCUT2D eigenvalue weighted by atomic mass is 32.2. The molecule has 1 atom stereocenters. The first-order valence-corrected chi connectivity index (χ1v) is 10.8. The van der Waals surface area contributed by atoms with Crippen LogP contribution in [-0.2, 0) is 21.1 Å². The van der Waals surface area contributed by atoms with E-state index >= 15 is 0 Å². The van der Waals surface area contributed by atoms with Gasteiger partial charge in [0.15, 0.2) is 21.3 Å². The van der Waals surface area contributed by atoms with Gasteiger partial charge in [0, 0.05) is 17.0 Å². The quantitative estimate of drug-likeness (QED) is 0.798. The highest BCUT2D eigenvalue weighted by molar-refractivity contribution is 7.91. The van der Waals surface area contributed by atoms with E-state index in [1.54, 1.807) is 14.2 Å². The Kier molecular flexibility index (Phi) is 5.47. The van der Waals surface area contributed by atoms with Gasteiger partial charge in [0.25, 0.3) is 0 Å². The predicted molar refractivity (Wildman–Crippen MR) is 99.6 cm³/mol. The first-order valence-electron chi connectivity index (χ1n) is 8.07. The fourth-order valence-corrected chi connectivity index (χ4v) is 5.33. The molecule has 0 saturated carbocycles. The molecule has 2 heterocycles. The number of rotatable bonds is 6. The highest BCUT2D eigenvalue weighted by Crippen LogP contribution is 2.33. The largest absolute Gasteiger partial charge is 0.493 e. The van der Waals surface area contributed by atoms with Gasteiger partial charge in [-0.3, -0.25) is 4.79 Å². The molecular formula is C17H20N2O5S2. The van der Waals surface area contributed by atoms with Crippen LogP contribution in [0.2, 0.25) is 0 Å². The van der Waals surface area contributed by atoms with Crippen LogP contribution in [0.5, 0.6) is 11.5 Å².